The maximum Gasteiger partial charge on any atom is 0.107 e. The van der Waals surface area contributed by atoms with Gasteiger partial charge in [-0.15, -0.1) is 0 Å². The molecule has 0 aromatic heterocycles. The normalized spacial score (nSPS) is 75.3. The lowest BCUT2D eigenvalue weighted by Gasteiger charge is -2.06. The van der Waals surface area contributed by atoms with Gasteiger partial charge in [-0.05, 0) is 24.2 Å². The van der Waals surface area contributed by atoms with Gasteiger partial charge in [0.05, 0.1) is 0 Å². The number of rotatable bonds is 0. The summed E-state index contributed by atoms with van der Waals surface area (Å²) in [7, 11) is 0. The summed E-state index contributed by atoms with van der Waals surface area (Å²) in [5, 5.41) is 0. The summed E-state index contributed by atoms with van der Waals surface area (Å²) in [6.45, 7) is 0. The summed E-state index contributed by atoms with van der Waals surface area (Å²) >= 11 is 3.55. The Hall–Kier alpha value is 0.410. The minimum atomic E-state index is -0.440. The molecule has 0 aromatic rings. The van der Waals surface area contributed by atoms with Gasteiger partial charge < -0.3 is 0 Å². The molecule has 2 unspecified atom stereocenters. The van der Waals surface area contributed by atoms with Crippen molar-refractivity contribution in [1.82, 2.24) is 0 Å². The minimum Gasteiger partial charge on any atom is -0.247 e. The highest BCUT2D eigenvalue weighted by Gasteiger charge is 2.73. The lowest BCUT2D eigenvalue weighted by molar-refractivity contribution is 0.274. The fourth-order valence-corrected chi connectivity index (χ4v) is 4.21. The number of alkyl halides is 2. The van der Waals surface area contributed by atoms with E-state index in [2.05, 4.69) is 15.9 Å². The molecule has 0 nitrogen and oxygen atoms in total. The second kappa shape index (κ2) is 1.23. The van der Waals surface area contributed by atoms with Gasteiger partial charge in [-0.3, -0.25) is 0 Å². The van der Waals surface area contributed by atoms with Crippen molar-refractivity contribution < 1.29 is 4.39 Å². The van der Waals surface area contributed by atoms with Gasteiger partial charge >= 0.3 is 0 Å². The fourth-order valence-electron chi connectivity index (χ4n) is 2.96. The van der Waals surface area contributed by atoms with Crippen LogP contribution in [-0.4, -0.2) is 11.0 Å². The number of halogens is 2. The van der Waals surface area contributed by atoms with E-state index in [1.54, 1.807) is 0 Å². The number of hydrogen-bond donors (Lipinski definition) is 0. The molecule has 4 fully saturated rings. The Labute approximate surface area is 61.9 Å². The van der Waals surface area contributed by atoms with Crippen molar-refractivity contribution in [2.24, 2.45) is 23.7 Å². The van der Waals surface area contributed by atoms with Crippen LogP contribution >= 0.6 is 15.9 Å². The highest BCUT2D eigenvalue weighted by atomic mass is 79.9. The highest BCUT2D eigenvalue weighted by Crippen LogP contribution is 2.73. The van der Waals surface area contributed by atoms with E-state index in [-0.39, 0.29) is 0 Å². The average molecular weight is 191 g/mol. The summed E-state index contributed by atoms with van der Waals surface area (Å²) in [5.74, 6) is 2.41. The molecule has 4 aliphatic rings. The molecule has 0 saturated heterocycles. The zero-order valence-electron chi connectivity index (χ0n) is 4.93. The molecule has 0 heterocycles. The van der Waals surface area contributed by atoms with Crippen LogP contribution in [0, 0.1) is 23.7 Å². The lowest BCUT2D eigenvalue weighted by Crippen LogP contribution is -2.10. The third kappa shape index (κ3) is 0.374. The topological polar surface area (TPSA) is 0 Å². The Bertz CT molecular complexity index is 150. The third-order valence-corrected chi connectivity index (χ3v) is 4.68. The van der Waals surface area contributed by atoms with Crippen molar-refractivity contribution in [3.05, 3.63) is 0 Å². The lowest BCUT2D eigenvalue weighted by atomic mass is 10.1. The predicted octanol–water partition coefficient (Wildman–Crippen LogP) is 1.98. The number of hydrogen-bond acceptors (Lipinski definition) is 0. The average Bonchev–Trinajstić information content (AvgIpc) is 2.18. The first kappa shape index (κ1) is 5.11. The van der Waals surface area contributed by atoms with E-state index in [4.69, 9.17) is 0 Å². The molecule has 4 saturated carbocycles. The standard InChI is InChI=1S/C7H8BrF/c8-6-3-1-2-4(6)5(2)7(3)9/h2-7H,1H2/t2-,3+,4?,5?,6+,7+/m1/s1. The monoisotopic (exact) mass is 190 g/mol. The van der Waals surface area contributed by atoms with Crippen LogP contribution in [0.15, 0.2) is 0 Å². The SMILES string of the molecule is F[C@@H]1C2C3[C@H]2C[C@H]1[C@@H]3Br. The first-order valence-corrected chi connectivity index (χ1v) is 4.50. The van der Waals surface area contributed by atoms with Crippen molar-refractivity contribution in [3.63, 3.8) is 0 Å². The van der Waals surface area contributed by atoms with E-state index in [0.717, 1.165) is 11.8 Å². The van der Waals surface area contributed by atoms with Gasteiger partial charge in [0.1, 0.15) is 6.17 Å². The van der Waals surface area contributed by atoms with Crippen molar-refractivity contribution in [1.29, 1.82) is 0 Å². The van der Waals surface area contributed by atoms with E-state index in [1.165, 1.54) is 6.42 Å². The van der Waals surface area contributed by atoms with Crippen LogP contribution in [0.25, 0.3) is 0 Å². The zero-order valence-corrected chi connectivity index (χ0v) is 6.51. The molecule has 4 aliphatic carbocycles. The zero-order chi connectivity index (χ0) is 6.17. The second-order valence-electron chi connectivity index (χ2n) is 3.61. The van der Waals surface area contributed by atoms with E-state index in [1.807, 2.05) is 0 Å². The molecule has 0 spiro atoms. The minimum absolute atomic E-state index is 0.394. The van der Waals surface area contributed by atoms with Crippen molar-refractivity contribution in [2.45, 2.75) is 17.4 Å². The van der Waals surface area contributed by atoms with Crippen LogP contribution in [0.4, 0.5) is 4.39 Å². The van der Waals surface area contributed by atoms with Gasteiger partial charge in [0.2, 0.25) is 0 Å². The summed E-state index contributed by atoms with van der Waals surface area (Å²) in [6.07, 6.45) is 0.733. The summed E-state index contributed by atoms with van der Waals surface area (Å²) in [4.78, 5) is 0.544. The van der Waals surface area contributed by atoms with Crippen LogP contribution in [0.1, 0.15) is 6.42 Å². The smallest absolute Gasteiger partial charge is 0.107 e. The molecule has 0 N–H and O–H groups in total. The maximum absolute atomic E-state index is 13.0. The van der Waals surface area contributed by atoms with Gasteiger partial charge in [0.25, 0.3) is 0 Å². The Balaban J connectivity index is 2.07. The van der Waals surface area contributed by atoms with Crippen LogP contribution in [-0.2, 0) is 0 Å². The Morgan fingerprint density at radius 2 is 2.00 bits per heavy atom. The molecule has 4 bridgehead atoms. The van der Waals surface area contributed by atoms with Crippen LogP contribution in [0.2, 0.25) is 0 Å². The molecule has 6 atom stereocenters. The fraction of sp³-hybridized carbons (Fsp3) is 1.00. The van der Waals surface area contributed by atoms with E-state index in [0.29, 0.717) is 16.7 Å². The van der Waals surface area contributed by atoms with Gasteiger partial charge in [0.15, 0.2) is 0 Å². The molecule has 50 valence electrons. The molecular weight excluding hydrogens is 183 g/mol. The van der Waals surface area contributed by atoms with Crippen molar-refractivity contribution in [3.8, 4) is 0 Å². The van der Waals surface area contributed by atoms with Crippen LogP contribution in [0.5, 0.6) is 0 Å². The summed E-state index contributed by atoms with van der Waals surface area (Å²) < 4.78 is 13.0. The van der Waals surface area contributed by atoms with Crippen LogP contribution in [0.3, 0.4) is 0 Å². The summed E-state index contributed by atoms with van der Waals surface area (Å²) in [5.41, 5.74) is 0. The maximum atomic E-state index is 13.0. The van der Waals surface area contributed by atoms with Gasteiger partial charge in [-0.2, -0.15) is 0 Å². The molecule has 2 heteroatoms. The Kier molecular flexibility index (Phi) is 0.696. The first-order chi connectivity index (χ1) is 4.30. The van der Waals surface area contributed by atoms with Gasteiger partial charge in [-0.25, -0.2) is 4.39 Å². The van der Waals surface area contributed by atoms with E-state index >= 15 is 0 Å². The second-order valence-corrected chi connectivity index (χ2v) is 4.66. The molecule has 4 rings (SSSR count). The first-order valence-electron chi connectivity index (χ1n) is 3.59. The third-order valence-electron chi connectivity index (χ3n) is 3.39. The molecule has 0 aliphatic heterocycles. The van der Waals surface area contributed by atoms with Crippen molar-refractivity contribution in [2.75, 3.05) is 0 Å². The quantitative estimate of drug-likeness (QED) is 0.513. The Morgan fingerprint density at radius 1 is 1.22 bits per heavy atom. The Morgan fingerprint density at radius 3 is 2.11 bits per heavy atom. The highest BCUT2D eigenvalue weighted by molar-refractivity contribution is 9.09. The van der Waals surface area contributed by atoms with Crippen molar-refractivity contribution >= 4 is 15.9 Å². The van der Waals surface area contributed by atoms with E-state index < -0.39 is 6.17 Å². The van der Waals surface area contributed by atoms with Crippen LogP contribution < -0.4 is 0 Å². The molecule has 0 amide bonds. The molecule has 9 heavy (non-hydrogen) atoms. The van der Waals surface area contributed by atoms with Gasteiger partial charge in [-0.1, -0.05) is 15.9 Å². The van der Waals surface area contributed by atoms with Gasteiger partial charge in [0, 0.05) is 10.7 Å². The molecule has 0 radical (unpaired) electrons. The summed E-state index contributed by atoms with van der Waals surface area (Å²) in [6, 6.07) is 0. The molecule has 0 aromatic carbocycles. The van der Waals surface area contributed by atoms with E-state index in [9.17, 15) is 4.39 Å². The largest absolute Gasteiger partial charge is 0.247 e. The predicted molar refractivity (Wildman–Crippen MR) is 36.2 cm³/mol. The molecular formula is C7H8BrF.